The number of rotatable bonds is 4. The maximum atomic E-state index is 10.7. The fourth-order valence-corrected chi connectivity index (χ4v) is 0.530. The molecule has 0 aliphatic heterocycles. The monoisotopic (exact) mass is 141 g/mol. The first-order valence-electron chi connectivity index (χ1n) is 3.47. The van der Waals surface area contributed by atoms with Gasteiger partial charge in [0, 0.05) is 6.42 Å². The number of allylic oxidation sites excluding steroid dienone is 1. The van der Waals surface area contributed by atoms with Crippen LogP contribution in [0.1, 0.15) is 20.3 Å². The summed E-state index contributed by atoms with van der Waals surface area (Å²) in [5.41, 5.74) is 6.10. The van der Waals surface area contributed by atoms with E-state index in [-0.39, 0.29) is 12.3 Å². The lowest BCUT2D eigenvalue weighted by molar-refractivity contribution is -0.117. The largest absolute Gasteiger partial charge is 0.324 e. The lowest BCUT2D eigenvalue weighted by Crippen LogP contribution is -2.14. The second-order valence-electron chi connectivity index (χ2n) is 2.73. The van der Waals surface area contributed by atoms with Crippen LogP contribution >= 0.6 is 0 Å². The summed E-state index contributed by atoms with van der Waals surface area (Å²) < 4.78 is 0. The molecule has 0 aromatic carbocycles. The molecule has 0 unspecified atom stereocenters. The van der Waals surface area contributed by atoms with E-state index in [4.69, 9.17) is 5.73 Å². The lowest BCUT2D eigenvalue weighted by Gasteiger charge is -2.06. The van der Waals surface area contributed by atoms with E-state index in [2.05, 4.69) is 6.58 Å². The molecule has 0 saturated carbocycles. The van der Waals surface area contributed by atoms with E-state index < -0.39 is 0 Å². The van der Waals surface area contributed by atoms with Crippen LogP contribution in [0.25, 0.3) is 0 Å². The highest BCUT2D eigenvalue weighted by atomic mass is 16.1. The van der Waals surface area contributed by atoms with Crippen molar-refractivity contribution in [2.45, 2.75) is 20.3 Å². The zero-order valence-corrected chi connectivity index (χ0v) is 6.68. The van der Waals surface area contributed by atoms with Crippen molar-refractivity contribution in [3.05, 3.63) is 12.2 Å². The van der Waals surface area contributed by atoms with Gasteiger partial charge in [0.25, 0.3) is 0 Å². The van der Waals surface area contributed by atoms with Crippen LogP contribution in [0.15, 0.2) is 12.2 Å². The second-order valence-corrected chi connectivity index (χ2v) is 2.73. The highest BCUT2D eigenvalue weighted by Gasteiger charge is 2.04. The number of carbonyl (C=O) groups excluding carboxylic acids is 1. The van der Waals surface area contributed by atoms with Gasteiger partial charge in [-0.05, 0) is 5.92 Å². The summed E-state index contributed by atoms with van der Waals surface area (Å²) in [7, 11) is 0. The maximum Gasteiger partial charge on any atom is 0.150 e. The van der Waals surface area contributed by atoms with E-state index in [0.717, 1.165) is 5.57 Å². The number of carbonyl (C=O) groups is 1. The van der Waals surface area contributed by atoms with Crippen LogP contribution < -0.4 is 5.73 Å². The summed E-state index contributed by atoms with van der Waals surface area (Å²) in [6.45, 7) is 7.94. The predicted octanol–water partition coefficient (Wildman–Crippen LogP) is 1.12. The number of ketones is 1. The highest BCUT2D eigenvalue weighted by Crippen LogP contribution is 2.10. The third kappa shape index (κ3) is 3.41. The minimum Gasteiger partial charge on any atom is -0.324 e. The molecule has 0 radical (unpaired) electrons. The Morgan fingerprint density at radius 1 is 1.60 bits per heavy atom. The predicted molar refractivity (Wildman–Crippen MR) is 42.7 cm³/mol. The Kier molecular flexibility index (Phi) is 3.96. The van der Waals surface area contributed by atoms with Crippen LogP contribution in [-0.4, -0.2) is 12.3 Å². The van der Waals surface area contributed by atoms with E-state index in [9.17, 15) is 4.79 Å². The molecule has 0 fully saturated rings. The fraction of sp³-hybridized carbons (Fsp3) is 0.625. The van der Waals surface area contributed by atoms with E-state index in [1.165, 1.54) is 0 Å². The molecule has 0 spiro atoms. The average Bonchev–Trinajstić information content (AvgIpc) is 1.87. The third-order valence-electron chi connectivity index (χ3n) is 1.47. The van der Waals surface area contributed by atoms with Gasteiger partial charge in [-0.3, -0.25) is 4.79 Å². The molecule has 0 heterocycles. The number of hydrogen-bond acceptors (Lipinski definition) is 2. The Morgan fingerprint density at radius 2 is 2.10 bits per heavy atom. The first-order valence-corrected chi connectivity index (χ1v) is 3.47. The Morgan fingerprint density at radius 3 is 2.40 bits per heavy atom. The van der Waals surface area contributed by atoms with Crippen molar-refractivity contribution < 1.29 is 4.79 Å². The summed E-state index contributed by atoms with van der Waals surface area (Å²) in [4.78, 5) is 10.7. The van der Waals surface area contributed by atoms with Crippen molar-refractivity contribution in [1.29, 1.82) is 0 Å². The van der Waals surface area contributed by atoms with Gasteiger partial charge in [-0.2, -0.15) is 0 Å². The first-order chi connectivity index (χ1) is 4.57. The molecular weight excluding hydrogens is 126 g/mol. The molecule has 2 N–H and O–H groups in total. The minimum atomic E-state index is 0.0682. The molecule has 10 heavy (non-hydrogen) atoms. The number of hydrogen-bond donors (Lipinski definition) is 1. The zero-order chi connectivity index (χ0) is 8.15. The van der Waals surface area contributed by atoms with Gasteiger partial charge in [-0.25, -0.2) is 0 Å². The Labute approximate surface area is 62.1 Å². The smallest absolute Gasteiger partial charge is 0.150 e. The first kappa shape index (κ1) is 9.37. The quantitative estimate of drug-likeness (QED) is 0.596. The second kappa shape index (κ2) is 4.23. The molecule has 0 atom stereocenters. The normalized spacial score (nSPS) is 10.0. The van der Waals surface area contributed by atoms with Crippen molar-refractivity contribution in [2.24, 2.45) is 11.7 Å². The third-order valence-corrected chi connectivity index (χ3v) is 1.47. The highest BCUT2D eigenvalue weighted by molar-refractivity contribution is 5.82. The van der Waals surface area contributed by atoms with Crippen molar-refractivity contribution in [2.75, 3.05) is 6.54 Å². The van der Waals surface area contributed by atoms with Gasteiger partial charge in [-0.1, -0.05) is 26.0 Å². The summed E-state index contributed by atoms with van der Waals surface area (Å²) >= 11 is 0. The van der Waals surface area contributed by atoms with E-state index in [1.807, 2.05) is 13.8 Å². The van der Waals surface area contributed by atoms with Crippen molar-refractivity contribution in [3.63, 3.8) is 0 Å². The molecule has 58 valence electrons. The van der Waals surface area contributed by atoms with Gasteiger partial charge in [0.1, 0.15) is 5.78 Å². The molecular formula is C8H15NO. The van der Waals surface area contributed by atoms with Crippen LogP contribution in [0.3, 0.4) is 0 Å². The molecule has 0 saturated heterocycles. The van der Waals surface area contributed by atoms with Gasteiger partial charge in [0.2, 0.25) is 0 Å². The number of Topliss-reactive ketones (excluding diaryl/α,β-unsaturated/α-hetero) is 1. The molecule has 2 nitrogen and oxygen atoms in total. The molecule has 0 rings (SSSR count). The topological polar surface area (TPSA) is 43.1 Å². The summed E-state index contributed by atoms with van der Waals surface area (Å²) in [6, 6.07) is 0. The number of nitrogens with two attached hydrogens (primary N) is 1. The SMILES string of the molecule is C=C(CC(=O)CN)C(C)C. The molecule has 2 heteroatoms. The summed E-state index contributed by atoms with van der Waals surface area (Å²) in [5.74, 6) is 0.453. The standard InChI is InChI=1S/C8H15NO/c1-6(2)7(3)4-8(10)5-9/h6H,3-5,9H2,1-2H3. The lowest BCUT2D eigenvalue weighted by atomic mass is 10.00. The summed E-state index contributed by atoms with van der Waals surface area (Å²) in [6.07, 6.45) is 0.439. The van der Waals surface area contributed by atoms with Crippen molar-refractivity contribution >= 4 is 5.78 Å². The summed E-state index contributed by atoms with van der Waals surface area (Å²) in [5, 5.41) is 0. The Balaban J connectivity index is 3.69. The van der Waals surface area contributed by atoms with E-state index in [0.29, 0.717) is 12.3 Å². The molecule has 0 aromatic rings. The minimum absolute atomic E-state index is 0.0682. The van der Waals surface area contributed by atoms with Crippen molar-refractivity contribution in [3.8, 4) is 0 Å². The molecule has 0 aliphatic carbocycles. The van der Waals surface area contributed by atoms with Crippen molar-refractivity contribution in [1.82, 2.24) is 0 Å². The van der Waals surface area contributed by atoms with Gasteiger partial charge in [0.05, 0.1) is 6.54 Å². The fourth-order valence-electron chi connectivity index (χ4n) is 0.530. The molecule has 0 aliphatic rings. The van der Waals surface area contributed by atoms with Gasteiger partial charge < -0.3 is 5.73 Å². The average molecular weight is 141 g/mol. The van der Waals surface area contributed by atoms with Crippen LogP contribution in [-0.2, 0) is 4.79 Å². The maximum absolute atomic E-state index is 10.7. The Hall–Kier alpha value is -0.630. The van der Waals surface area contributed by atoms with E-state index >= 15 is 0 Å². The van der Waals surface area contributed by atoms with Gasteiger partial charge >= 0.3 is 0 Å². The van der Waals surface area contributed by atoms with E-state index in [1.54, 1.807) is 0 Å². The van der Waals surface area contributed by atoms with Crippen LogP contribution in [0, 0.1) is 5.92 Å². The van der Waals surface area contributed by atoms with Gasteiger partial charge in [0.15, 0.2) is 0 Å². The van der Waals surface area contributed by atoms with Gasteiger partial charge in [-0.15, -0.1) is 0 Å². The van der Waals surface area contributed by atoms with Crippen LogP contribution in [0.5, 0.6) is 0 Å². The molecule has 0 amide bonds. The van der Waals surface area contributed by atoms with Crippen LogP contribution in [0.2, 0.25) is 0 Å². The Bertz CT molecular complexity index is 138. The molecule has 0 bridgehead atoms. The van der Waals surface area contributed by atoms with Crippen LogP contribution in [0.4, 0.5) is 0 Å². The molecule has 0 aromatic heterocycles. The zero-order valence-electron chi connectivity index (χ0n) is 6.68.